The van der Waals surface area contributed by atoms with Crippen LogP contribution in [-0.4, -0.2) is 11.1 Å². The second-order valence-corrected chi connectivity index (χ2v) is 7.14. The van der Waals surface area contributed by atoms with Gasteiger partial charge < -0.3 is 5.11 Å². The first-order valence-corrected chi connectivity index (χ1v) is 10.9. The fraction of sp³-hybridized carbons (Fsp3) is 0.708. The van der Waals surface area contributed by atoms with E-state index in [1.807, 2.05) is 0 Å². The minimum Gasteiger partial charge on any atom is -0.481 e. The number of hydrogen-bond acceptors (Lipinski definition) is 1. The van der Waals surface area contributed by atoms with Crippen molar-refractivity contribution in [2.24, 2.45) is 0 Å². The molecule has 0 spiro atoms. The Balaban J connectivity index is 3.21. The molecule has 0 fully saturated rings. The summed E-state index contributed by atoms with van der Waals surface area (Å²) in [5, 5.41) is 8.56. The summed E-state index contributed by atoms with van der Waals surface area (Å²) >= 11 is 0. The fourth-order valence-electron chi connectivity index (χ4n) is 2.88. The SMILES string of the molecule is CCCCC=CCC=CCC=CCCCCCCCCCCCC(=O)O. The Kier molecular flexibility index (Phi) is 20.6. The largest absolute Gasteiger partial charge is 0.481 e. The number of carboxylic acid groups (broad SMARTS) is 1. The number of aliphatic carboxylic acids is 1. The summed E-state index contributed by atoms with van der Waals surface area (Å²) in [5.74, 6) is -0.662. The lowest BCUT2D eigenvalue weighted by atomic mass is 10.1. The maximum Gasteiger partial charge on any atom is 0.303 e. The van der Waals surface area contributed by atoms with Gasteiger partial charge in [-0.05, 0) is 38.5 Å². The molecule has 0 atom stereocenters. The van der Waals surface area contributed by atoms with Gasteiger partial charge in [0.2, 0.25) is 0 Å². The monoisotopic (exact) mass is 362 g/mol. The molecule has 26 heavy (non-hydrogen) atoms. The molecule has 0 aromatic carbocycles. The topological polar surface area (TPSA) is 37.3 Å². The van der Waals surface area contributed by atoms with Crippen LogP contribution >= 0.6 is 0 Å². The van der Waals surface area contributed by atoms with Crippen molar-refractivity contribution >= 4 is 5.97 Å². The minimum atomic E-state index is -0.662. The summed E-state index contributed by atoms with van der Waals surface area (Å²) < 4.78 is 0. The van der Waals surface area contributed by atoms with Crippen LogP contribution in [0, 0.1) is 0 Å². The zero-order valence-electron chi connectivity index (χ0n) is 17.1. The number of rotatable bonds is 19. The molecule has 0 aliphatic rings. The van der Waals surface area contributed by atoms with Crippen molar-refractivity contribution in [3.8, 4) is 0 Å². The third-order valence-corrected chi connectivity index (χ3v) is 4.53. The van der Waals surface area contributed by atoms with Gasteiger partial charge in [-0.15, -0.1) is 0 Å². The highest BCUT2D eigenvalue weighted by Crippen LogP contribution is 2.11. The van der Waals surface area contributed by atoms with Gasteiger partial charge in [0, 0.05) is 6.42 Å². The van der Waals surface area contributed by atoms with E-state index in [9.17, 15) is 4.79 Å². The summed E-state index contributed by atoms with van der Waals surface area (Å²) in [6.07, 6.45) is 32.1. The Hall–Kier alpha value is -1.31. The molecule has 0 saturated heterocycles. The molecule has 0 amide bonds. The molecule has 0 unspecified atom stereocenters. The molecule has 0 radical (unpaired) electrons. The third kappa shape index (κ3) is 22.7. The number of carboxylic acids is 1. The second kappa shape index (κ2) is 21.7. The zero-order valence-corrected chi connectivity index (χ0v) is 17.1. The predicted octanol–water partition coefficient (Wildman–Crippen LogP) is 8.00. The first-order valence-electron chi connectivity index (χ1n) is 10.9. The summed E-state index contributed by atoms with van der Waals surface area (Å²) in [7, 11) is 0. The third-order valence-electron chi connectivity index (χ3n) is 4.53. The van der Waals surface area contributed by atoms with Crippen molar-refractivity contribution in [1.29, 1.82) is 0 Å². The number of allylic oxidation sites excluding steroid dienone is 6. The molecule has 150 valence electrons. The summed E-state index contributed by atoms with van der Waals surface area (Å²) in [6, 6.07) is 0. The Morgan fingerprint density at radius 3 is 1.54 bits per heavy atom. The van der Waals surface area contributed by atoms with E-state index in [4.69, 9.17) is 5.11 Å². The molecule has 0 aromatic heterocycles. The van der Waals surface area contributed by atoms with Crippen molar-refractivity contribution in [1.82, 2.24) is 0 Å². The van der Waals surface area contributed by atoms with E-state index in [-0.39, 0.29) is 0 Å². The van der Waals surface area contributed by atoms with E-state index in [1.54, 1.807) is 0 Å². The van der Waals surface area contributed by atoms with Gasteiger partial charge in [-0.3, -0.25) is 4.79 Å². The van der Waals surface area contributed by atoms with Crippen LogP contribution in [0.1, 0.15) is 110 Å². The normalized spacial score (nSPS) is 12.0. The van der Waals surface area contributed by atoms with Crippen molar-refractivity contribution in [2.45, 2.75) is 110 Å². The van der Waals surface area contributed by atoms with Crippen LogP contribution in [0.3, 0.4) is 0 Å². The molecular weight excluding hydrogens is 320 g/mol. The molecule has 1 N–H and O–H groups in total. The van der Waals surface area contributed by atoms with Gasteiger partial charge in [-0.25, -0.2) is 0 Å². The van der Waals surface area contributed by atoms with E-state index >= 15 is 0 Å². The lowest BCUT2D eigenvalue weighted by Gasteiger charge is -2.01. The molecule has 0 saturated carbocycles. The molecule has 2 nitrogen and oxygen atoms in total. The van der Waals surface area contributed by atoms with Crippen LogP contribution < -0.4 is 0 Å². The molecule has 0 aromatic rings. The van der Waals surface area contributed by atoms with Gasteiger partial charge in [0.15, 0.2) is 0 Å². The van der Waals surface area contributed by atoms with Crippen molar-refractivity contribution < 1.29 is 9.90 Å². The van der Waals surface area contributed by atoms with Crippen LogP contribution in [0.15, 0.2) is 36.5 Å². The van der Waals surface area contributed by atoms with Crippen LogP contribution in [0.2, 0.25) is 0 Å². The van der Waals surface area contributed by atoms with Gasteiger partial charge in [0.25, 0.3) is 0 Å². The van der Waals surface area contributed by atoms with E-state index in [0.29, 0.717) is 6.42 Å². The Labute approximate surface area is 162 Å². The highest BCUT2D eigenvalue weighted by molar-refractivity contribution is 5.66. The average molecular weight is 363 g/mol. The molecule has 0 bridgehead atoms. The highest BCUT2D eigenvalue weighted by atomic mass is 16.4. The summed E-state index contributed by atoms with van der Waals surface area (Å²) in [4.78, 5) is 10.4. The van der Waals surface area contributed by atoms with Crippen LogP contribution in [0.25, 0.3) is 0 Å². The smallest absolute Gasteiger partial charge is 0.303 e. The molecule has 0 rings (SSSR count). The Bertz CT molecular complexity index is 380. The lowest BCUT2D eigenvalue weighted by Crippen LogP contribution is -1.93. The van der Waals surface area contributed by atoms with Gasteiger partial charge in [0.05, 0.1) is 0 Å². The quantitative estimate of drug-likeness (QED) is 0.187. The first kappa shape index (κ1) is 24.7. The fourth-order valence-corrected chi connectivity index (χ4v) is 2.88. The molecule has 2 heteroatoms. The van der Waals surface area contributed by atoms with Crippen molar-refractivity contribution in [2.75, 3.05) is 0 Å². The van der Waals surface area contributed by atoms with Crippen LogP contribution in [-0.2, 0) is 4.79 Å². The summed E-state index contributed by atoms with van der Waals surface area (Å²) in [6.45, 7) is 2.23. The molecule has 0 aliphatic heterocycles. The number of carbonyl (C=O) groups is 1. The van der Waals surface area contributed by atoms with E-state index in [1.165, 1.54) is 70.6 Å². The van der Waals surface area contributed by atoms with E-state index < -0.39 is 5.97 Å². The van der Waals surface area contributed by atoms with Gasteiger partial charge in [-0.1, -0.05) is 101 Å². The first-order chi connectivity index (χ1) is 12.8. The van der Waals surface area contributed by atoms with Crippen LogP contribution in [0.5, 0.6) is 0 Å². The standard InChI is InChI=1S/C24H42O2/c1-2-3-4-5-6-7-8-9-10-11-12-13-14-15-16-17-18-19-20-21-22-23-24(25)26/h5-6,8-9,11-12H,2-4,7,10,13-23H2,1H3,(H,25,26). The maximum absolute atomic E-state index is 10.4. The predicted molar refractivity (Wildman–Crippen MR) is 115 cm³/mol. The van der Waals surface area contributed by atoms with Gasteiger partial charge in [0.1, 0.15) is 0 Å². The number of hydrogen-bond donors (Lipinski definition) is 1. The number of unbranched alkanes of at least 4 members (excludes halogenated alkanes) is 11. The minimum absolute atomic E-state index is 0.333. The Morgan fingerprint density at radius 1 is 0.615 bits per heavy atom. The zero-order chi connectivity index (χ0) is 19.1. The highest BCUT2D eigenvalue weighted by Gasteiger charge is 1.96. The molecular formula is C24H42O2. The molecule has 0 aliphatic carbocycles. The van der Waals surface area contributed by atoms with Gasteiger partial charge in [-0.2, -0.15) is 0 Å². The maximum atomic E-state index is 10.4. The summed E-state index contributed by atoms with van der Waals surface area (Å²) in [5.41, 5.74) is 0. The lowest BCUT2D eigenvalue weighted by molar-refractivity contribution is -0.137. The van der Waals surface area contributed by atoms with E-state index in [2.05, 4.69) is 43.4 Å². The average Bonchev–Trinajstić information content (AvgIpc) is 2.62. The second-order valence-electron chi connectivity index (χ2n) is 7.14. The van der Waals surface area contributed by atoms with Gasteiger partial charge >= 0.3 is 5.97 Å². The van der Waals surface area contributed by atoms with Crippen molar-refractivity contribution in [3.05, 3.63) is 36.5 Å². The Morgan fingerprint density at radius 2 is 1.04 bits per heavy atom. The van der Waals surface area contributed by atoms with Crippen LogP contribution in [0.4, 0.5) is 0 Å². The van der Waals surface area contributed by atoms with E-state index in [0.717, 1.165) is 25.7 Å². The van der Waals surface area contributed by atoms with Crippen molar-refractivity contribution in [3.63, 3.8) is 0 Å². The molecule has 0 heterocycles.